The first kappa shape index (κ1) is 34.3. The number of benzene rings is 3. The first-order valence-corrected chi connectivity index (χ1v) is 13.4. The fourth-order valence-electron chi connectivity index (χ4n) is 3.12. The van der Waals surface area contributed by atoms with Crippen LogP contribution < -0.4 is 20.7 Å². The van der Waals surface area contributed by atoms with Gasteiger partial charge in [0.25, 0.3) is 5.91 Å². The number of urea groups is 1. The third-order valence-corrected chi connectivity index (χ3v) is 5.34. The van der Waals surface area contributed by atoms with Crippen molar-refractivity contribution in [2.24, 2.45) is 0 Å². The lowest BCUT2D eigenvalue weighted by Crippen LogP contribution is -2.19. The summed E-state index contributed by atoms with van der Waals surface area (Å²) in [6.07, 6.45) is -3.21. The van der Waals surface area contributed by atoms with Crippen LogP contribution in [0, 0.1) is 6.92 Å². The summed E-state index contributed by atoms with van der Waals surface area (Å²) in [7, 11) is -1.62. The molecule has 3 aromatic carbocycles. The molecule has 226 valence electrons. The molecule has 10 nitrogen and oxygen atoms in total. The number of aromatic nitrogens is 1. The Morgan fingerprint density at radius 2 is 1.42 bits per heavy atom. The number of pyridine rings is 1. The highest BCUT2D eigenvalue weighted by atomic mass is 35.5. The fourth-order valence-corrected chi connectivity index (χ4v) is 3.34. The number of nitrogens with zero attached hydrogens (tertiary/aromatic N) is 1. The lowest BCUT2D eigenvalue weighted by Gasteiger charge is -2.12. The van der Waals surface area contributed by atoms with Crippen molar-refractivity contribution in [3.63, 3.8) is 0 Å². The number of aryl methyl sites for hydroxylation is 1. The number of hydrogen-bond acceptors (Lipinski definition) is 7. The maximum absolute atomic E-state index is 12.9. The first-order valence-electron chi connectivity index (χ1n) is 12.0. The molecule has 0 saturated heterocycles. The lowest BCUT2D eigenvalue weighted by molar-refractivity contribution is -0.137. The molecule has 0 aliphatic rings. The van der Waals surface area contributed by atoms with Gasteiger partial charge in [-0.1, -0.05) is 47.5 Å². The van der Waals surface area contributed by atoms with Gasteiger partial charge in [-0.3, -0.25) is 9.78 Å². The Balaban J connectivity index is 0.000000493. The van der Waals surface area contributed by atoms with E-state index in [-0.39, 0.29) is 17.3 Å². The van der Waals surface area contributed by atoms with E-state index in [1.165, 1.54) is 30.9 Å². The number of anilines is 2. The minimum Gasteiger partial charge on any atom is -0.457 e. The van der Waals surface area contributed by atoms with Crippen LogP contribution in [0.15, 0.2) is 91.1 Å². The smallest absolute Gasteiger partial charge is 0.425 e. The van der Waals surface area contributed by atoms with Crippen molar-refractivity contribution in [1.29, 1.82) is 0 Å². The molecule has 43 heavy (non-hydrogen) atoms. The first-order chi connectivity index (χ1) is 20.3. The van der Waals surface area contributed by atoms with Crippen LogP contribution in [0.25, 0.3) is 0 Å². The summed E-state index contributed by atoms with van der Waals surface area (Å²) in [5.41, 5.74) is 0.775. The second kappa shape index (κ2) is 16.5. The Kier molecular flexibility index (Phi) is 13.1. The fraction of sp³-hybridized carbons (Fsp3) is 0.107. The van der Waals surface area contributed by atoms with Crippen LogP contribution in [-0.4, -0.2) is 36.6 Å². The Bertz CT molecular complexity index is 1630. The van der Waals surface area contributed by atoms with Crippen molar-refractivity contribution in [2.45, 2.75) is 13.1 Å². The number of carbonyl (C=O) groups excluding carboxylic acids is 2. The van der Waals surface area contributed by atoms with Crippen molar-refractivity contribution < 1.29 is 40.1 Å². The van der Waals surface area contributed by atoms with Gasteiger partial charge in [-0.2, -0.15) is 13.2 Å². The summed E-state index contributed by atoms with van der Waals surface area (Å²) in [5, 5.41) is 6.83. The molecule has 4 rings (SSSR count). The summed E-state index contributed by atoms with van der Waals surface area (Å²) in [6, 6.07) is 21.9. The van der Waals surface area contributed by atoms with Crippen LogP contribution in [-0.2, 0) is 16.8 Å². The largest absolute Gasteiger partial charge is 0.457 e. The van der Waals surface area contributed by atoms with Crippen molar-refractivity contribution in [1.82, 2.24) is 10.3 Å². The van der Waals surface area contributed by atoms with Gasteiger partial charge < -0.3 is 20.7 Å². The van der Waals surface area contributed by atoms with E-state index in [0.717, 1.165) is 12.1 Å². The van der Waals surface area contributed by atoms with Crippen LogP contribution in [0.2, 0.25) is 5.02 Å². The van der Waals surface area contributed by atoms with E-state index in [0.29, 0.717) is 17.2 Å². The van der Waals surface area contributed by atoms with Gasteiger partial charge in [0.15, 0.2) is 0 Å². The summed E-state index contributed by atoms with van der Waals surface area (Å²) >= 11 is 5.57. The second-order valence-corrected chi connectivity index (χ2v) is 9.03. The molecule has 0 aliphatic carbocycles. The van der Waals surface area contributed by atoms with Gasteiger partial charge in [0, 0.05) is 30.7 Å². The van der Waals surface area contributed by atoms with Crippen LogP contribution in [0.5, 0.6) is 11.5 Å². The van der Waals surface area contributed by atoms with Gasteiger partial charge in [-0.25, -0.2) is 4.79 Å². The molecule has 0 aliphatic heterocycles. The summed E-state index contributed by atoms with van der Waals surface area (Å²) in [6.45, 7) is 2.08. The van der Waals surface area contributed by atoms with Gasteiger partial charge in [-0.15, -0.1) is 12.6 Å². The van der Waals surface area contributed by atoms with Crippen LogP contribution in [0.3, 0.4) is 0 Å². The van der Waals surface area contributed by atoms with E-state index in [9.17, 15) is 22.8 Å². The van der Waals surface area contributed by atoms with Gasteiger partial charge >= 0.3 is 22.8 Å². The number of rotatable bonds is 5. The molecule has 3 N–H and O–H groups in total. The van der Waals surface area contributed by atoms with E-state index < -0.39 is 33.4 Å². The van der Waals surface area contributed by atoms with E-state index in [4.69, 9.17) is 29.0 Å². The van der Waals surface area contributed by atoms with Crippen LogP contribution >= 0.6 is 11.6 Å². The van der Waals surface area contributed by atoms with Crippen molar-refractivity contribution in [3.05, 3.63) is 113 Å². The predicted molar refractivity (Wildman–Crippen MR) is 154 cm³/mol. The molecule has 0 saturated carbocycles. The average molecular weight is 637 g/mol. The Morgan fingerprint density at radius 3 is 1.95 bits per heavy atom. The van der Waals surface area contributed by atoms with Gasteiger partial charge in [0.1, 0.15) is 17.2 Å². The predicted octanol–water partition coefficient (Wildman–Crippen LogP) is 6.54. The Hall–Kier alpha value is -4.95. The van der Waals surface area contributed by atoms with E-state index in [2.05, 4.69) is 40.0 Å². The molecule has 0 unspecified atom stereocenters. The minimum atomic E-state index is -4.64. The quantitative estimate of drug-likeness (QED) is 0.226. The number of nitrogens with one attached hydrogen (secondary N) is 3. The highest BCUT2D eigenvalue weighted by Gasteiger charge is 2.33. The van der Waals surface area contributed by atoms with E-state index in [1.54, 1.807) is 30.3 Å². The Labute approximate surface area is 250 Å². The molecule has 1 aromatic heterocycles. The molecule has 0 spiro atoms. The molecule has 1 heterocycles. The number of amides is 3. The average Bonchev–Trinajstić information content (AvgIpc) is 2.95. The van der Waals surface area contributed by atoms with Gasteiger partial charge in [-0.05, 0) is 55.5 Å². The van der Waals surface area contributed by atoms with Crippen molar-refractivity contribution in [2.75, 3.05) is 17.7 Å². The number of halogens is 4. The normalized spacial score (nSPS) is 10.1. The zero-order chi connectivity index (χ0) is 32.0. The van der Waals surface area contributed by atoms with E-state index in [1.807, 2.05) is 18.2 Å². The molecule has 0 atom stereocenters. The molecule has 4 aromatic rings. The molecule has 0 radical (unpaired) electrons. The topological polar surface area (TPSA) is 144 Å². The maximum atomic E-state index is 12.9. The molecule has 3 amide bonds. The summed E-state index contributed by atoms with van der Waals surface area (Å²) in [4.78, 5) is 27.7. The third kappa shape index (κ3) is 12.6. The molecular formula is C28H24ClF3N4O6S. The second-order valence-electron chi connectivity index (χ2n) is 8.21. The van der Waals surface area contributed by atoms with E-state index >= 15 is 0 Å². The van der Waals surface area contributed by atoms with Crippen LogP contribution in [0.4, 0.5) is 29.3 Å². The van der Waals surface area contributed by atoms with Crippen molar-refractivity contribution in [3.8, 4) is 11.5 Å². The van der Waals surface area contributed by atoms with Crippen molar-refractivity contribution >= 4 is 45.5 Å². The number of hydrogen-bond donors (Lipinski definition) is 3. The minimum absolute atomic E-state index is 0.0659. The summed E-state index contributed by atoms with van der Waals surface area (Å²) in [5.74, 6) is 0.460. The molecular weight excluding hydrogens is 613 g/mol. The maximum Gasteiger partial charge on any atom is 0.425 e. The number of ether oxygens (including phenoxy) is 1. The highest BCUT2D eigenvalue weighted by Crippen LogP contribution is 2.36. The zero-order valence-corrected chi connectivity index (χ0v) is 24.0. The summed E-state index contributed by atoms with van der Waals surface area (Å²) < 4.78 is 69.8. The molecule has 15 heteroatoms. The third-order valence-electron chi connectivity index (χ3n) is 5.01. The number of alkyl halides is 3. The SMILES string of the molecule is CNC(=O)c1cc(Oc2ccc(NC(=O)Nc3ccc(Cl)c(C(F)(F)F)c3)cc2)ccn1.Cc1ccccc1.O=S(=O)=O. The van der Waals surface area contributed by atoms with Gasteiger partial charge in [0.2, 0.25) is 0 Å². The lowest BCUT2D eigenvalue weighted by atomic mass is 10.2. The zero-order valence-electron chi connectivity index (χ0n) is 22.5. The standard InChI is InChI=1S/C21H16ClF3N4O3.C7H8.O3S/c1-26-19(30)18-11-15(8-9-27-18)32-14-5-2-12(3-6-14)28-20(31)29-13-4-7-17(22)16(10-13)21(23,24)25;1-7-5-3-2-4-6-7;1-4(2)3/h2-11H,1H3,(H,26,30)(H2,28,29,31);2-6H,1H3;. The molecule has 0 bridgehead atoms. The Morgan fingerprint density at radius 1 is 0.837 bits per heavy atom. The number of carbonyl (C=O) groups is 2. The monoisotopic (exact) mass is 636 g/mol. The van der Waals surface area contributed by atoms with Crippen LogP contribution in [0.1, 0.15) is 21.6 Å². The highest BCUT2D eigenvalue weighted by molar-refractivity contribution is 7.59. The molecule has 0 fully saturated rings. The van der Waals surface area contributed by atoms with Gasteiger partial charge in [0.05, 0.1) is 10.6 Å².